The van der Waals surface area contributed by atoms with Gasteiger partial charge in [0, 0.05) is 11.4 Å². The van der Waals surface area contributed by atoms with Crippen LogP contribution in [0, 0.1) is 11.3 Å². The fourth-order valence-corrected chi connectivity index (χ4v) is 3.32. The van der Waals surface area contributed by atoms with Gasteiger partial charge in [-0.15, -0.1) is 0 Å². The smallest absolute Gasteiger partial charge is 0.337 e. The molecule has 2 rings (SSSR count). The summed E-state index contributed by atoms with van der Waals surface area (Å²) >= 11 is 0. The van der Waals surface area contributed by atoms with E-state index in [0.717, 1.165) is 0 Å². The summed E-state index contributed by atoms with van der Waals surface area (Å²) < 4.78 is 11.3. The van der Waals surface area contributed by atoms with Gasteiger partial charge < -0.3 is 14.8 Å². The molecule has 0 aliphatic carbocycles. The number of rotatable bonds is 3. The summed E-state index contributed by atoms with van der Waals surface area (Å²) in [5.74, 6) is -1.76. The second kappa shape index (κ2) is 8.35. The van der Waals surface area contributed by atoms with E-state index >= 15 is 0 Å². The zero-order valence-electron chi connectivity index (χ0n) is 19.0. The normalized spacial score (nSPS) is 15.4. The number of nitriles is 1. The van der Waals surface area contributed by atoms with Gasteiger partial charge in [-0.05, 0) is 73.1 Å². The highest BCUT2D eigenvalue weighted by molar-refractivity contribution is 6.00. The summed E-state index contributed by atoms with van der Waals surface area (Å²) in [4.78, 5) is 26.3. The Kier molecular flexibility index (Phi) is 6.46. The summed E-state index contributed by atoms with van der Waals surface area (Å²) in [5.41, 5.74) is 1.53. The number of dihydropyridines is 1. The highest BCUT2D eigenvalue weighted by Crippen LogP contribution is 2.40. The van der Waals surface area contributed by atoms with Crippen LogP contribution in [0.15, 0.2) is 46.8 Å². The first-order chi connectivity index (χ1) is 13.7. The molecule has 1 aromatic rings. The van der Waals surface area contributed by atoms with Crippen LogP contribution >= 0.6 is 0 Å². The molecule has 0 saturated carbocycles. The van der Waals surface area contributed by atoms with Crippen molar-refractivity contribution in [2.75, 3.05) is 0 Å². The van der Waals surface area contributed by atoms with E-state index in [1.54, 1.807) is 79.7 Å². The lowest BCUT2D eigenvalue weighted by Gasteiger charge is -2.33. The Morgan fingerprint density at radius 1 is 0.933 bits per heavy atom. The lowest BCUT2D eigenvalue weighted by Crippen LogP contribution is -2.36. The number of hydrogen-bond donors (Lipinski definition) is 1. The Balaban J connectivity index is 2.68. The molecule has 0 amide bonds. The number of carbonyl (C=O) groups is 2. The van der Waals surface area contributed by atoms with Crippen LogP contribution in [0.25, 0.3) is 0 Å². The van der Waals surface area contributed by atoms with Gasteiger partial charge in [-0.25, -0.2) is 9.59 Å². The molecular formula is C24H30N2O4. The van der Waals surface area contributed by atoms with Gasteiger partial charge >= 0.3 is 11.9 Å². The van der Waals surface area contributed by atoms with Crippen molar-refractivity contribution in [1.29, 1.82) is 5.26 Å². The summed E-state index contributed by atoms with van der Waals surface area (Å²) in [7, 11) is 0. The molecule has 1 aromatic carbocycles. The molecule has 30 heavy (non-hydrogen) atoms. The van der Waals surface area contributed by atoms with E-state index in [1.165, 1.54) is 0 Å². The van der Waals surface area contributed by atoms with Crippen LogP contribution in [-0.2, 0) is 19.1 Å². The van der Waals surface area contributed by atoms with E-state index in [2.05, 4.69) is 11.4 Å². The van der Waals surface area contributed by atoms with Crippen molar-refractivity contribution in [2.45, 2.75) is 72.5 Å². The minimum Gasteiger partial charge on any atom is -0.457 e. The molecule has 0 unspecified atom stereocenters. The monoisotopic (exact) mass is 410 g/mol. The predicted molar refractivity (Wildman–Crippen MR) is 114 cm³/mol. The average Bonchev–Trinajstić information content (AvgIpc) is 2.57. The van der Waals surface area contributed by atoms with E-state index in [-0.39, 0.29) is 0 Å². The summed E-state index contributed by atoms with van der Waals surface area (Å²) in [6, 6.07) is 9.01. The van der Waals surface area contributed by atoms with Gasteiger partial charge in [0.15, 0.2) is 0 Å². The Bertz CT molecular complexity index is 916. The molecule has 0 aromatic heterocycles. The lowest BCUT2D eigenvalue weighted by atomic mass is 9.80. The maximum absolute atomic E-state index is 13.2. The standard InChI is InChI=1S/C24H30N2O4/c1-14-18(21(27)29-23(3,4)5)20(17-11-9-10-16(12-17)13-25)19(15(2)26-14)22(28)30-24(6,7)8/h9-12,20,26H,1-8H3. The third-order valence-corrected chi connectivity index (χ3v) is 4.35. The number of allylic oxidation sites excluding steroid dienone is 2. The molecular weight excluding hydrogens is 380 g/mol. The molecule has 6 nitrogen and oxygen atoms in total. The van der Waals surface area contributed by atoms with Gasteiger partial charge in [-0.2, -0.15) is 5.26 Å². The largest absolute Gasteiger partial charge is 0.457 e. The third kappa shape index (κ3) is 5.50. The first kappa shape index (κ1) is 23.2. The maximum atomic E-state index is 13.2. The van der Waals surface area contributed by atoms with E-state index in [1.807, 2.05) is 0 Å². The van der Waals surface area contributed by atoms with Gasteiger partial charge in [-0.3, -0.25) is 0 Å². The van der Waals surface area contributed by atoms with E-state index in [9.17, 15) is 14.9 Å². The minimum absolute atomic E-state index is 0.325. The topological polar surface area (TPSA) is 88.4 Å². The quantitative estimate of drug-likeness (QED) is 0.739. The second-order valence-electron chi connectivity index (χ2n) is 9.38. The molecule has 1 N–H and O–H groups in total. The molecule has 160 valence electrons. The highest BCUT2D eigenvalue weighted by atomic mass is 16.6. The van der Waals surface area contributed by atoms with E-state index < -0.39 is 29.1 Å². The van der Waals surface area contributed by atoms with Gasteiger partial charge in [0.25, 0.3) is 0 Å². The molecule has 6 heteroatoms. The summed E-state index contributed by atoms with van der Waals surface area (Å²) in [5, 5.41) is 12.5. The van der Waals surface area contributed by atoms with Crippen LogP contribution < -0.4 is 5.32 Å². The van der Waals surface area contributed by atoms with Crippen LogP contribution in [0.1, 0.15) is 72.4 Å². The van der Waals surface area contributed by atoms with Crippen molar-refractivity contribution in [3.63, 3.8) is 0 Å². The van der Waals surface area contributed by atoms with Crippen LogP contribution in [0.2, 0.25) is 0 Å². The fraction of sp³-hybridized carbons (Fsp3) is 0.458. The molecule has 1 aliphatic rings. The van der Waals surface area contributed by atoms with Crippen molar-refractivity contribution >= 4 is 11.9 Å². The molecule has 0 radical (unpaired) electrons. The predicted octanol–water partition coefficient (Wildman–Crippen LogP) is 4.48. The molecule has 1 heterocycles. The maximum Gasteiger partial charge on any atom is 0.337 e. The zero-order chi connectivity index (χ0) is 22.9. The number of esters is 2. The first-order valence-electron chi connectivity index (χ1n) is 9.89. The third-order valence-electron chi connectivity index (χ3n) is 4.35. The Labute approximate surface area is 178 Å². The van der Waals surface area contributed by atoms with Crippen molar-refractivity contribution < 1.29 is 19.1 Å². The molecule has 0 atom stereocenters. The Morgan fingerprint density at radius 3 is 1.80 bits per heavy atom. The van der Waals surface area contributed by atoms with Gasteiger partial charge in [0.05, 0.1) is 28.7 Å². The van der Waals surface area contributed by atoms with Gasteiger partial charge in [-0.1, -0.05) is 12.1 Å². The summed E-state index contributed by atoms with van der Waals surface area (Å²) in [6.45, 7) is 14.3. The highest BCUT2D eigenvalue weighted by Gasteiger charge is 2.40. The van der Waals surface area contributed by atoms with E-state index in [4.69, 9.17) is 9.47 Å². The minimum atomic E-state index is -0.718. The van der Waals surface area contributed by atoms with Crippen LogP contribution in [0.4, 0.5) is 0 Å². The number of nitrogens with one attached hydrogen (secondary N) is 1. The summed E-state index contributed by atoms with van der Waals surface area (Å²) in [6.07, 6.45) is 0. The molecule has 0 spiro atoms. The second-order valence-corrected chi connectivity index (χ2v) is 9.38. The first-order valence-corrected chi connectivity index (χ1v) is 9.89. The number of hydrogen-bond acceptors (Lipinski definition) is 6. The van der Waals surface area contributed by atoms with Crippen LogP contribution in [-0.4, -0.2) is 23.1 Å². The molecule has 0 saturated heterocycles. The number of nitrogens with zero attached hydrogens (tertiary/aromatic N) is 1. The molecule has 1 aliphatic heterocycles. The SMILES string of the molecule is CC1=C(C(=O)OC(C)(C)C)C(c2cccc(C#N)c2)C(C(=O)OC(C)(C)C)=C(C)N1. The average molecular weight is 411 g/mol. The number of benzene rings is 1. The molecule has 0 fully saturated rings. The van der Waals surface area contributed by atoms with Crippen molar-refractivity contribution in [3.05, 3.63) is 57.9 Å². The Morgan fingerprint density at radius 2 is 1.40 bits per heavy atom. The van der Waals surface area contributed by atoms with Crippen molar-refractivity contribution in [1.82, 2.24) is 5.32 Å². The molecule has 0 bridgehead atoms. The Hall–Kier alpha value is -3.07. The fourth-order valence-electron chi connectivity index (χ4n) is 3.32. The lowest BCUT2D eigenvalue weighted by molar-refractivity contribution is -0.150. The number of ether oxygens (including phenoxy) is 2. The van der Waals surface area contributed by atoms with Gasteiger partial charge in [0.2, 0.25) is 0 Å². The van der Waals surface area contributed by atoms with Crippen molar-refractivity contribution in [3.8, 4) is 6.07 Å². The van der Waals surface area contributed by atoms with Crippen molar-refractivity contribution in [2.24, 2.45) is 0 Å². The van der Waals surface area contributed by atoms with Crippen LogP contribution in [0.3, 0.4) is 0 Å². The van der Waals surface area contributed by atoms with Crippen LogP contribution in [0.5, 0.6) is 0 Å². The van der Waals surface area contributed by atoms with Gasteiger partial charge in [0.1, 0.15) is 11.2 Å². The zero-order valence-corrected chi connectivity index (χ0v) is 19.0. The van der Waals surface area contributed by atoms with E-state index in [0.29, 0.717) is 33.7 Å². The number of carbonyl (C=O) groups excluding carboxylic acids is 2.